The molecule has 0 radical (unpaired) electrons. The van der Waals surface area contributed by atoms with Gasteiger partial charge in [0.05, 0.1) is 16.8 Å². The Morgan fingerprint density at radius 2 is 1.96 bits per heavy atom. The van der Waals surface area contributed by atoms with Gasteiger partial charge in [0.15, 0.2) is 4.80 Å². The van der Waals surface area contributed by atoms with Gasteiger partial charge in [-0.1, -0.05) is 35.1 Å². The Kier molecular flexibility index (Phi) is 5.69. The summed E-state index contributed by atoms with van der Waals surface area (Å²) in [7, 11) is 0. The summed E-state index contributed by atoms with van der Waals surface area (Å²) in [6.45, 7) is 10.1. The number of thiazole rings is 1. The summed E-state index contributed by atoms with van der Waals surface area (Å²) in [4.78, 5) is 17.8. The standard InChI is InChI=1S/C21H24N2O2S/c1-5-25-10-9-23-18-13-15(3)11-16(4)19(18)26-21(23)22-20(24)17-8-6-7-14(2)12-17/h6-8,11-13H,5,9-10H2,1-4H3. The lowest BCUT2D eigenvalue weighted by Crippen LogP contribution is -2.19. The van der Waals surface area contributed by atoms with Gasteiger partial charge in [0.1, 0.15) is 0 Å². The van der Waals surface area contributed by atoms with E-state index in [-0.39, 0.29) is 5.91 Å². The minimum Gasteiger partial charge on any atom is -0.380 e. The van der Waals surface area contributed by atoms with Crippen molar-refractivity contribution in [3.63, 3.8) is 0 Å². The summed E-state index contributed by atoms with van der Waals surface area (Å²) >= 11 is 1.56. The average Bonchev–Trinajstić information content (AvgIpc) is 2.93. The predicted molar refractivity (Wildman–Crippen MR) is 107 cm³/mol. The van der Waals surface area contributed by atoms with Crippen LogP contribution in [0.2, 0.25) is 0 Å². The molecule has 1 amide bonds. The Bertz CT molecular complexity index is 1010. The second-order valence-corrected chi connectivity index (χ2v) is 7.43. The van der Waals surface area contributed by atoms with Crippen LogP contribution in [-0.4, -0.2) is 23.7 Å². The highest BCUT2D eigenvalue weighted by molar-refractivity contribution is 7.16. The first-order valence-electron chi connectivity index (χ1n) is 8.83. The van der Waals surface area contributed by atoms with E-state index in [4.69, 9.17) is 4.74 Å². The van der Waals surface area contributed by atoms with Crippen molar-refractivity contribution >= 4 is 27.5 Å². The number of fused-ring (bicyclic) bond motifs is 1. The second kappa shape index (κ2) is 7.98. The van der Waals surface area contributed by atoms with Gasteiger partial charge in [0.25, 0.3) is 5.91 Å². The maximum Gasteiger partial charge on any atom is 0.279 e. The molecule has 1 aromatic heterocycles. The molecule has 0 aliphatic rings. The number of hydrogen-bond donors (Lipinski definition) is 0. The van der Waals surface area contributed by atoms with Crippen molar-refractivity contribution in [3.8, 4) is 0 Å². The fourth-order valence-electron chi connectivity index (χ4n) is 3.04. The zero-order valence-electron chi connectivity index (χ0n) is 15.7. The topological polar surface area (TPSA) is 43.6 Å². The first kappa shape index (κ1) is 18.5. The van der Waals surface area contributed by atoms with E-state index in [9.17, 15) is 4.79 Å². The Morgan fingerprint density at radius 3 is 2.69 bits per heavy atom. The molecule has 0 N–H and O–H groups in total. The molecule has 0 spiro atoms. The highest BCUT2D eigenvalue weighted by Crippen LogP contribution is 2.23. The summed E-state index contributed by atoms with van der Waals surface area (Å²) in [5.41, 5.74) is 5.20. The second-order valence-electron chi connectivity index (χ2n) is 6.45. The Hall–Kier alpha value is -2.24. The SMILES string of the molecule is CCOCCn1c(=NC(=O)c2cccc(C)c2)sc2c(C)cc(C)cc21. The number of carbonyl (C=O) groups is 1. The van der Waals surface area contributed by atoms with Crippen LogP contribution in [0.25, 0.3) is 10.2 Å². The van der Waals surface area contributed by atoms with Crippen molar-refractivity contribution in [2.75, 3.05) is 13.2 Å². The van der Waals surface area contributed by atoms with Crippen LogP contribution in [-0.2, 0) is 11.3 Å². The van der Waals surface area contributed by atoms with Crippen molar-refractivity contribution in [3.05, 3.63) is 63.5 Å². The minimum absolute atomic E-state index is 0.209. The van der Waals surface area contributed by atoms with E-state index < -0.39 is 0 Å². The van der Waals surface area contributed by atoms with Crippen molar-refractivity contribution < 1.29 is 9.53 Å². The van der Waals surface area contributed by atoms with Crippen molar-refractivity contribution in [2.24, 2.45) is 4.99 Å². The molecule has 3 rings (SSSR count). The molecule has 0 atom stereocenters. The maximum absolute atomic E-state index is 12.7. The highest BCUT2D eigenvalue weighted by atomic mass is 32.1. The van der Waals surface area contributed by atoms with Gasteiger partial charge in [-0.05, 0) is 57.0 Å². The molecule has 0 saturated carbocycles. The van der Waals surface area contributed by atoms with E-state index >= 15 is 0 Å². The van der Waals surface area contributed by atoms with Gasteiger partial charge in [-0.3, -0.25) is 4.79 Å². The van der Waals surface area contributed by atoms with Crippen LogP contribution in [0.4, 0.5) is 0 Å². The van der Waals surface area contributed by atoms with E-state index in [0.29, 0.717) is 25.3 Å². The summed E-state index contributed by atoms with van der Waals surface area (Å²) in [6.07, 6.45) is 0. The molecule has 5 heteroatoms. The van der Waals surface area contributed by atoms with E-state index in [1.54, 1.807) is 11.3 Å². The number of aryl methyl sites for hydroxylation is 3. The first-order chi connectivity index (χ1) is 12.5. The molecule has 136 valence electrons. The molecular formula is C21H24N2O2S. The van der Waals surface area contributed by atoms with Crippen LogP contribution in [0.1, 0.15) is 34.0 Å². The summed E-state index contributed by atoms with van der Waals surface area (Å²) in [5.74, 6) is -0.209. The van der Waals surface area contributed by atoms with Crippen molar-refractivity contribution in [2.45, 2.75) is 34.2 Å². The smallest absolute Gasteiger partial charge is 0.279 e. The maximum atomic E-state index is 12.7. The van der Waals surface area contributed by atoms with Crippen LogP contribution in [0, 0.1) is 20.8 Å². The fourth-order valence-corrected chi connectivity index (χ4v) is 4.15. The quantitative estimate of drug-likeness (QED) is 0.626. The molecule has 2 aromatic carbocycles. The number of rotatable bonds is 5. The highest BCUT2D eigenvalue weighted by Gasteiger charge is 2.11. The van der Waals surface area contributed by atoms with Crippen LogP contribution in [0.5, 0.6) is 0 Å². The summed E-state index contributed by atoms with van der Waals surface area (Å²) in [6, 6.07) is 11.9. The third kappa shape index (κ3) is 3.94. The molecule has 0 fully saturated rings. The predicted octanol–water partition coefficient (Wildman–Crippen LogP) is 4.41. The zero-order valence-corrected chi connectivity index (χ0v) is 16.5. The number of aromatic nitrogens is 1. The number of benzene rings is 2. The lowest BCUT2D eigenvalue weighted by molar-refractivity contribution is 0.0996. The molecule has 0 aliphatic carbocycles. The molecule has 4 nitrogen and oxygen atoms in total. The molecule has 26 heavy (non-hydrogen) atoms. The van der Waals surface area contributed by atoms with Gasteiger partial charge in [-0.2, -0.15) is 4.99 Å². The number of amides is 1. The Labute approximate surface area is 157 Å². The van der Waals surface area contributed by atoms with Crippen LogP contribution in [0.3, 0.4) is 0 Å². The lowest BCUT2D eigenvalue weighted by atomic mass is 10.1. The molecular weight excluding hydrogens is 344 g/mol. The largest absolute Gasteiger partial charge is 0.380 e. The number of carbonyl (C=O) groups excluding carboxylic acids is 1. The van der Waals surface area contributed by atoms with Gasteiger partial charge in [-0.25, -0.2) is 0 Å². The molecule has 0 aliphatic heterocycles. The molecule has 0 saturated heterocycles. The Morgan fingerprint density at radius 1 is 1.15 bits per heavy atom. The minimum atomic E-state index is -0.209. The third-order valence-electron chi connectivity index (χ3n) is 4.24. The average molecular weight is 369 g/mol. The van der Waals surface area contributed by atoms with Crippen molar-refractivity contribution in [1.82, 2.24) is 4.57 Å². The molecule has 0 bridgehead atoms. The lowest BCUT2D eigenvalue weighted by Gasteiger charge is -2.07. The summed E-state index contributed by atoms with van der Waals surface area (Å²) in [5, 5.41) is 0. The third-order valence-corrected chi connectivity index (χ3v) is 5.47. The number of ether oxygens (including phenoxy) is 1. The number of nitrogens with zero attached hydrogens (tertiary/aromatic N) is 2. The molecule has 0 unspecified atom stereocenters. The normalized spacial score (nSPS) is 12.1. The van der Waals surface area contributed by atoms with Crippen LogP contribution in [0.15, 0.2) is 41.4 Å². The Balaban J connectivity index is 2.12. The fraction of sp³-hybridized carbons (Fsp3) is 0.333. The van der Waals surface area contributed by atoms with Gasteiger partial charge in [0, 0.05) is 18.7 Å². The molecule has 3 aromatic rings. The van der Waals surface area contributed by atoms with Gasteiger partial charge >= 0.3 is 0 Å². The van der Waals surface area contributed by atoms with E-state index in [0.717, 1.165) is 15.9 Å². The van der Waals surface area contributed by atoms with Gasteiger partial charge in [0.2, 0.25) is 0 Å². The van der Waals surface area contributed by atoms with Crippen LogP contribution < -0.4 is 4.80 Å². The summed E-state index contributed by atoms with van der Waals surface area (Å²) < 4.78 is 8.80. The monoisotopic (exact) mass is 368 g/mol. The van der Waals surface area contributed by atoms with Crippen LogP contribution >= 0.6 is 11.3 Å². The van der Waals surface area contributed by atoms with E-state index in [2.05, 4.69) is 35.5 Å². The zero-order chi connectivity index (χ0) is 18.7. The first-order valence-corrected chi connectivity index (χ1v) is 9.65. The van der Waals surface area contributed by atoms with Crippen molar-refractivity contribution in [1.29, 1.82) is 0 Å². The van der Waals surface area contributed by atoms with Gasteiger partial charge in [-0.15, -0.1) is 0 Å². The van der Waals surface area contributed by atoms with Gasteiger partial charge < -0.3 is 9.30 Å². The van der Waals surface area contributed by atoms with E-state index in [1.165, 1.54) is 15.8 Å². The van der Waals surface area contributed by atoms with E-state index in [1.807, 2.05) is 38.1 Å². The number of hydrogen-bond acceptors (Lipinski definition) is 3. The molecule has 1 heterocycles.